The van der Waals surface area contributed by atoms with Crippen molar-refractivity contribution in [3.8, 4) is 0 Å². The predicted molar refractivity (Wildman–Crippen MR) is 134 cm³/mol. The van der Waals surface area contributed by atoms with Gasteiger partial charge >= 0.3 is 5.97 Å². The summed E-state index contributed by atoms with van der Waals surface area (Å²) in [5.74, 6) is -1.11. The number of nitrogens with zero attached hydrogens (tertiary/aromatic N) is 2. The number of carbonyl (C=O) groups excluding carboxylic acids is 3. The van der Waals surface area contributed by atoms with Gasteiger partial charge < -0.3 is 19.7 Å². The fourth-order valence-corrected chi connectivity index (χ4v) is 7.34. The zero-order chi connectivity index (χ0) is 26.2. The van der Waals surface area contributed by atoms with E-state index >= 15 is 0 Å². The third-order valence-electron chi connectivity index (χ3n) is 6.26. The van der Waals surface area contributed by atoms with Gasteiger partial charge in [-0.1, -0.05) is 0 Å². The quantitative estimate of drug-likeness (QED) is 0.584. The number of esters is 1. The van der Waals surface area contributed by atoms with Crippen molar-refractivity contribution in [3.05, 3.63) is 45.8 Å². The van der Waals surface area contributed by atoms with Crippen LogP contribution in [0.4, 0.5) is 5.00 Å². The smallest absolute Gasteiger partial charge is 0.341 e. The van der Waals surface area contributed by atoms with Gasteiger partial charge in [0, 0.05) is 37.0 Å². The number of fused-ring (bicyclic) bond motifs is 1. The molecule has 1 N–H and O–H groups in total. The summed E-state index contributed by atoms with van der Waals surface area (Å²) in [7, 11) is -2.46. The lowest BCUT2D eigenvalue weighted by Gasteiger charge is -2.34. The first-order chi connectivity index (χ1) is 17.0. The number of rotatable bonds is 5. The van der Waals surface area contributed by atoms with Gasteiger partial charge in [-0.15, -0.1) is 11.3 Å². The van der Waals surface area contributed by atoms with Crippen LogP contribution in [-0.4, -0.2) is 74.4 Å². The minimum Gasteiger partial charge on any atom is -0.465 e. The van der Waals surface area contributed by atoms with E-state index in [2.05, 4.69) is 5.32 Å². The van der Waals surface area contributed by atoms with Crippen LogP contribution in [0.2, 0.25) is 0 Å². The fraction of sp³-hybridized carbons (Fsp3) is 0.458. The summed E-state index contributed by atoms with van der Waals surface area (Å²) in [6.45, 7) is 6.51. The SMILES string of the molecule is COC(=O)c1c(NC(=O)c2ccc(S(=O)(=O)N3C[C@@H](C)O[C@H](C)C3)cc2)sc2c1CCN(C(C)=O)C2. The summed E-state index contributed by atoms with van der Waals surface area (Å²) in [6, 6.07) is 5.69. The maximum absolute atomic E-state index is 13.1. The van der Waals surface area contributed by atoms with Gasteiger partial charge in [-0.2, -0.15) is 4.31 Å². The van der Waals surface area contributed by atoms with Gasteiger partial charge in [0.05, 0.1) is 36.3 Å². The minimum atomic E-state index is -3.73. The van der Waals surface area contributed by atoms with E-state index in [-0.39, 0.29) is 41.7 Å². The largest absolute Gasteiger partial charge is 0.465 e. The Hall–Kier alpha value is -2.80. The van der Waals surface area contributed by atoms with Gasteiger partial charge in [-0.25, -0.2) is 13.2 Å². The average Bonchev–Trinajstić information content (AvgIpc) is 3.19. The third kappa shape index (κ3) is 5.17. The molecule has 0 saturated carbocycles. The van der Waals surface area contributed by atoms with E-state index in [0.717, 1.165) is 10.4 Å². The van der Waals surface area contributed by atoms with Crippen molar-refractivity contribution in [1.29, 1.82) is 0 Å². The van der Waals surface area contributed by atoms with Crippen molar-refractivity contribution in [2.24, 2.45) is 0 Å². The van der Waals surface area contributed by atoms with Crippen LogP contribution in [0.3, 0.4) is 0 Å². The number of benzene rings is 1. The van der Waals surface area contributed by atoms with Crippen LogP contribution in [0.5, 0.6) is 0 Å². The van der Waals surface area contributed by atoms with E-state index in [1.807, 2.05) is 13.8 Å². The second-order valence-corrected chi connectivity index (χ2v) is 12.0. The third-order valence-corrected chi connectivity index (χ3v) is 9.24. The van der Waals surface area contributed by atoms with Crippen molar-refractivity contribution in [1.82, 2.24) is 9.21 Å². The molecule has 0 unspecified atom stereocenters. The highest BCUT2D eigenvalue weighted by atomic mass is 32.2. The van der Waals surface area contributed by atoms with Crippen molar-refractivity contribution in [2.45, 2.75) is 50.8 Å². The molecule has 12 heteroatoms. The van der Waals surface area contributed by atoms with Crippen molar-refractivity contribution in [2.75, 3.05) is 32.1 Å². The Balaban J connectivity index is 1.55. The molecule has 2 aromatic rings. The maximum Gasteiger partial charge on any atom is 0.341 e. The van der Waals surface area contributed by atoms with E-state index < -0.39 is 21.9 Å². The van der Waals surface area contributed by atoms with Crippen LogP contribution in [0, 0.1) is 0 Å². The lowest BCUT2D eigenvalue weighted by Crippen LogP contribution is -2.48. The Kier molecular flexibility index (Phi) is 7.51. The summed E-state index contributed by atoms with van der Waals surface area (Å²) < 4.78 is 38.1. The highest BCUT2D eigenvalue weighted by molar-refractivity contribution is 7.89. The van der Waals surface area contributed by atoms with Gasteiger partial charge in [0.15, 0.2) is 0 Å². The average molecular weight is 536 g/mol. The molecule has 2 atom stereocenters. The van der Waals surface area contributed by atoms with E-state index in [4.69, 9.17) is 9.47 Å². The highest BCUT2D eigenvalue weighted by Crippen LogP contribution is 2.38. The molecule has 0 aliphatic carbocycles. The lowest BCUT2D eigenvalue weighted by molar-refractivity contribution is -0.129. The van der Waals surface area contributed by atoms with Crippen molar-refractivity contribution in [3.63, 3.8) is 0 Å². The zero-order valence-electron chi connectivity index (χ0n) is 20.6. The molecule has 194 valence electrons. The van der Waals surface area contributed by atoms with Crippen LogP contribution < -0.4 is 5.32 Å². The fourth-order valence-electron chi connectivity index (χ4n) is 4.51. The molecule has 1 saturated heterocycles. The first-order valence-corrected chi connectivity index (χ1v) is 13.8. The number of thiophene rings is 1. The second-order valence-electron chi connectivity index (χ2n) is 8.95. The Morgan fingerprint density at radius 1 is 1.11 bits per heavy atom. The number of nitrogens with one attached hydrogen (secondary N) is 1. The molecule has 2 aliphatic heterocycles. The molecule has 1 aromatic heterocycles. The standard InChI is InChI=1S/C24H29N3O7S2/c1-14-11-27(12-15(2)34-14)36(31,32)18-7-5-17(6-8-18)22(29)25-23-21(24(30)33-4)19-9-10-26(16(3)28)13-20(19)35-23/h5-8,14-15H,9-13H2,1-4H3,(H,25,29)/t14-,15-/m1/s1. The summed E-state index contributed by atoms with van der Waals surface area (Å²) in [6.07, 6.45) is 0.0605. The van der Waals surface area contributed by atoms with Crippen LogP contribution >= 0.6 is 11.3 Å². The Bertz CT molecular complexity index is 1280. The van der Waals surface area contributed by atoms with Gasteiger partial charge in [-0.05, 0) is 50.1 Å². The van der Waals surface area contributed by atoms with E-state index in [0.29, 0.717) is 30.1 Å². The molecule has 4 rings (SSSR count). The molecular weight excluding hydrogens is 506 g/mol. The monoisotopic (exact) mass is 535 g/mol. The van der Waals surface area contributed by atoms with E-state index in [1.54, 1.807) is 4.90 Å². The van der Waals surface area contributed by atoms with Crippen molar-refractivity contribution >= 4 is 44.1 Å². The summed E-state index contributed by atoms with van der Waals surface area (Å²) >= 11 is 1.24. The number of carbonyl (C=O) groups is 3. The van der Waals surface area contributed by atoms with Crippen LogP contribution in [-0.2, 0) is 37.3 Å². The van der Waals surface area contributed by atoms with E-state index in [1.165, 1.54) is 53.9 Å². The molecule has 0 bridgehead atoms. The zero-order valence-corrected chi connectivity index (χ0v) is 22.2. The van der Waals surface area contributed by atoms with Gasteiger partial charge in [0.1, 0.15) is 5.00 Å². The van der Waals surface area contributed by atoms with E-state index in [9.17, 15) is 22.8 Å². The maximum atomic E-state index is 13.1. The Labute approximate surface area is 214 Å². The molecular formula is C24H29N3O7S2. The summed E-state index contributed by atoms with van der Waals surface area (Å²) in [4.78, 5) is 39.9. The molecule has 36 heavy (non-hydrogen) atoms. The van der Waals surface area contributed by atoms with Gasteiger partial charge in [-0.3, -0.25) is 9.59 Å². The normalized spacial score (nSPS) is 20.5. The first-order valence-electron chi connectivity index (χ1n) is 11.6. The number of amides is 2. The van der Waals surface area contributed by atoms with Crippen LogP contribution in [0.25, 0.3) is 0 Å². The van der Waals surface area contributed by atoms with Gasteiger partial charge in [0.25, 0.3) is 5.91 Å². The highest BCUT2D eigenvalue weighted by Gasteiger charge is 2.33. The number of hydrogen-bond acceptors (Lipinski definition) is 8. The minimum absolute atomic E-state index is 0.0599. The lowest BCUT2D eigenvalue weighted by atomic mass is 10.0. The molecule has 0 spiro atoms. The summed E-state index contributed by atoms with van der Waals surface area (Å²) in [5.41, 5.74) is 1.31. The van der Waals surface area contributed by atoms with Gasteiger partial charge in [0.2, 0.25) is 15.9 Å². The molecule has 3 heterocycles. The molecule has 1 aromatic carbocycles. The number of hydrogen-bond donors (Lipinski definition) is 1. The number of morpholine rings is 1. The molecule has 10 nitrogen and oxygen atoms in total. The second kappa shape index (κ2) is 10.3. The molecule has 1 fully saturated rings. The first kappa shape index (κ1) is 26.3. The molecule has 0 radical (unpaired) electrons. The van der Waals surface area contributed by atoms with Crippen molar-refractivity contribution < 1.29 is 32.3 Å². The van der Waals surface area contributed by atoms with Crippen LogP contribution in [0.1, 0.15) is 51.9 Å². The predicted octanol–water partition coefficient (Wildman–Crippen LogP) is 2.49. The Morgan fingerprint density at radius 3 is 2.33 bits per heavy atom. The molecule has 2 amide bonds. The molecule has 2 aliphatic rings. The number of ether oxygens (including phenoxy) is 2. The van der Waals surface area contributed by atoms with Crippen LogP contribution in [0.15, 0.2) is 29.2 Å². The number of methoxy groups -OCH3 is 1. The Morgan fingerprint density at radius 2 is 1.75 bits per heavy atom. The number of sulfonamides is 1. The topological polar surface area (TPSA) is 122 Å². The number of anilines is 1. The summed E-state index contributed by atoms with van der Waals surface area (Å²) in [5, 5.41) is 3.12.